The van der Waals surface area contributed by atoms with Crippen molar-refractivity contribution in [3.8, 4) is 21.8 Å². The zero-order chi connectivity index (χ0) is 24.9. The molecule has 0 fully saturated rings. The molecule has 36 heavy (non-hydrogen) atoms. The molecule has 0 saturated carbocycles. The van der Waals surface area contributed by atoms with Crippen LogP contribution in [-0.4, -0.2) is 26.2 Å². The molecule has 178 valence electrons. The predicted octanol–water partition coefficient (Wildman–Crippen LogP) is 7.01. The SMILES string of the molecule is Cc1cc(-c2sccc2Cl)nc(Nc2ccccc2NC(=O)Nc2ccc(-c3ccccc3)nn2)n1. The van der Waals surface area contributed by atoms with Crippen molar-refractivity contribution in [2.45, 2.75) is 6.92 Å². The number of carbonyl (C=O) groups excluding carboxylic acids is 1. The van der Waals surface area contributed by atoms with E-state index in [-0.39, 0.29) is 0 Å². The van der Waals surface area contributed by atoms with Gasteiger partial charge in [-0.15, -0.1) is 21.5 Å². The van der Waals surface area contributed by atoms with Crippen molar-refractivity contribution in [3.63, 3.8) is 0 Å². The van der Waals surface area contributed by atoms with Crippen molar-refractivity contribution in [2.24, 2.45) is 0 Å². The van der Waals surface area contributed by atoms with E-state index < -0.39 is 6.03 Å². The van der Waals surface area contributed by atoms with E-state index in [1.54, 1.807) is 18.2 Å². The molecule has 5 aromatic rings. The molecule has 3 aromatic heterocycles. The number of rotatable bonds is 6. The van der Waals surface area contributed by atoms with Crippen LogP contribution in [0.5, 0.6) is 0 Å². The van der Waals surface area contributed by atoms with Crippen molar-refractivity contribution in [1.82, 2.24) is 20.2 Å². The average Bonchev–Trinajstić information content (AvgIpc) is 3.32. The number of thiophene rings is 1. The minimum absolute atomic E-state index is 0.331. The Kier molecular flexibility index (Phi) is 6.83. The number of para-hydroxylation sites is 2. The van der Waals surface area contributed by atoms with E-state index in [1.165, 1.54) is 11.3 Å². The van der Waals surface area contributed by atoms with Crippen LogP contribution in [0.1, 0.15) is 5.69 Å². The van der Waals surface area contributed by atoms with Crippen molar-refractivity contribution in [1.29, 1.82) is 0 Å². The summed E-state index contributed by atoms with van der Waals surface area (Å²) in [4.78, 5) is 22.6. The summed E-state index contributed by atoms with van der Waals surface area (Å²) >= 11 is 7.81. The van der Waals surface area contributed by atoms with Crippen molar-refractivity contribution >= 4 is 52.1 Å². The largest absolute Gasteiger partial charge is 0.324 e. The highest BCUT2D eigenvalue weighted by molar-refractivity contribution is 7.14. The van der Waals surface area contributed by atoms with E-state index in [0.717, 1.165) is 27.5 Å². The maximum Gasteiger partial charge on any atom is 0.324 e. The topological polar surface area (TPSA) is 105 Å². The number of hydrogen-bond donors (Lipinski definition) is 3. The van der Waals surface area contributed by atoms with Gasteiger partial charge in [0.2, 0.25) is 5.95 Å². The maximum absolute atomic E-state index is 12.7. The molecule has 0 aliphatic heterocycles. The van der Waals surface area contributed by atoms with Gasteiger partial charge >= 0.3 is 6.03 Å². The molecule has 8 nitrogen and oxygen atoms in total. The first kappa shape index (κ1) is 23.4. The Bertz CT molecular complexity index is 1510. The van der Waals surface area contributed by atoms with Crippen LogP contribution in [-0.2, 0) is 0 Å². The van der Waals surface area contributed by atoms with Crippen LogP contribution in [0.3, 0.4) is 0 Å². The third kappa shape index (κ3) is 5.48. The fraction of sp³-hybridized carbons (Fsp3) is 0.0385. The number of aryl methyl sites for hydroxylation is 1. The summed E-state index contributed by atoms with van der Waals surface area (Å²) in [6.07, 6.45) is 0. The second-order valence-electron chi connectivity index (χ2n) is 7.74. The smallest absolute Gasteiger partial charge is 0.322 e. The molecule has 10 heteroatoms. The van der Waals surface area contributed by atoms with Gasteiger partial charge in [-0.1, -0.05) is 54.1 Å². The Morgan fingerprint density at radius 1 is 0.833 bits per heavy atom. The first-order valence-corrected chi connectivity index (χ1v) is 12.2. The number of nitrogens with zero attached hydrogens (tertiary/aromatic N) is 4. The summed E-state index contributed by atoms with van der Waals surface area (Å²) < 4.78 is 0. The lowest BCUT2D eigenvalue weighted by molar-refractivity contribution is 0.262. The van der Waals surface area contributed by atoms with E-state index in [9.17, 15) is 4.79 Å². The molecule has 0 aliphatic carbocycles. The number of hydrogen-bond acceptors (Lipinski definition) is 7. The van der Waals surface area contributed by atoms with Gasteiger partial charge in [0.25, 0.3) is 0 Å². The Hall–Kier alpha value is -4.34. The lowest BCUT2D eigenvalue weighted by atomic mass is 10.1. The van der Waals surface area contributed by atoms with E-state index in [4.69, 9.17) is 11.6 Å². The van der Waals surface area contributed by atoms with Crippen LogP contribution >= 0.6 is 22.9 Å². The molecular formula is C26H20ClN7OS. The molecule has 0 spiro atoms. The number of urea groups is 1. The Labute approximate surface area is 216 Å². The minimum Gasteiger partial charge on any atom is -0.322 e. The van der Waals surface area contributed by atoms with Crippen LogP contribution in [0, 0.1) is 6.92 Å². The fourth-order valence-electron chi connectivity index (χ4n) is 3.47. The van der Waals surface area contributed by atoms with Gasteiger partial charge in [0.15, 0.2) is 5.82 Å². The third-order valence-electron chi connectivity index (χ3n) is 5.10. The molecule has 0 saturated heterocycles. The van der Waals surface area contributed by atoms with Crippen LogP contribution in [0.4, 0.5) is 27.9 Å². The highest BCUT2D eigenvalue weighted by Gasteiger charge is 2.13. The fourth-order valence-corrected chi connectivity index (χ4v) is 4.58. The van der Waals surface area contributed by atoms with E-state index in [1.807, 2.05) is 73.0 Å². The molecule has 2 aromatic carbocycles. The second kappa shape index (κ2) is 10.5. The van der Waals surface area contributed by atoms with E-state index in [0.29, 0.717) is 28.2 Å². The molecular weight excluding hydrogens is 494 g/mol. The van der Waals surface area contributed by atoms with Gasteiger partial charge in [-0.2, -0.15) is 0 Å². The Balaban J connectivity index is 1.30. The first-order valence-electron chi connectivity index (χ1n) is 11.0. The van der Waals surface area contributed by atoms with Crippen molar-refractivity contribution in [2.75, 3.05) is 16.0 Å². The monoisotopic (exact) mass is 513 g/mol. The van der Waals surface area contributed by atoms with Crippen LogP contribution in [0.2, 0.25) is 5.02 Å². The summed E-state index contributed by atoms with van der Waals surface area (Å²) in [5.74, 6) is 0.726. The van der Waals surface area contributed by atoms with E-state index in [2.05, 4.69) is 36.1 Å². The number of nitrogens with one attached hydrogen (secondary N) is 3. The molecule has 5 rings (SSSR count). The Morgan fingerprint density at radius 2 is 1.61 bits per heavy atom. The molecule has 0 aliphatic rings. The normalized spacial score (nSPS) is 10.6. The predicted molar refractivity (Wildman–Crippen MR) is 145 cm³/mol. The van der Waals surface area contributed by atoms with E-state index >= 15 is 0 Å². The maximum atomic E-state index is 12.7. The summed E-state index contributed by atoms with van der Waals surface area (Å²) in [5, 5.41) is 19.6. The van der Waals surface area contributed by atoms with Gasteiger partial charge in [-0.05, 0) is 48.7 Å². The van der Waals surface area contributed by atoms with Gasteiger partial charge < -0.3 is 10.6 Å². The summed E-state index contributed by atoms with van der Waals surface area (Å²) in [6, 6.07) is 23.7. The van der Waals surface area contributed by atoms with Crippen LogP contribution in [0.15, 0.2) is 84.2 Å². The average molecular weight is 514 g/mol. The number of aromatic nitrogens is 4. The summed E-state index contributed by atoms with van der Waals surface area (Å²) in [6.45, 7) is 1.89. The standard InChI is InChI=1S/C26H20ClN7OS/c1-16-15-22(24-18(27)13-14-36-24)30-25(28-16)29-20-9-5-6-10-21(20)31-26(35)32-23-12-11-19(33-34-23)17-7-3-2-4-8-17/h2-15H,1H3,(H,28,29,30)(H2,31,32,34,35). The highest BCUT2D eigenvalue weighted by Crippen LogP contribution is 2.33. The second-order valence-corrected chi connectivity index (χ2v) is 9.06. The zero-order valence-electron chi connectivity index (χ0n) is 19.1. The summed E-state index contributed by atoms with van der Waals surface area (Å²) in [7, 11) is 0. The zero-order valence-corrected chi connectivity index (χ0v) is 20.6. The number of anilines is 4. The molecule has 0 atom stereocenters. The highest BCUT2D eigenvalue weighted by atomic mass is 35.5. The number of halogens is 1. The lowest BCUT2D eigenvalue weighted by Crippen LogP contribution is -2.21. The lowest BCUT2D eigenvalue weighted by Gasteiger charge is -2.13. The van der Waals surface area contributed by atoms with Gasteiger partial charge in [0.05, 0.1) is 32.7 Å². The third-order valence-corrected chi connectivity index (χ3v) is 6.47. The first-order chi connectivity index (χ1) is 17.5. The number of benzene rings is 2. The number of carbonyl (C=O) groups is 1. The Morgan fingerprint density at radius 3 is 2.33 bits per heavy atom. The van der Waals surface area contributed by atoms with Crippen LogP contribution < -0.4 is 16.0 Å². The van der Waals surface area contributed by atoms with Crippen molar-refractivity contribution in [3.05, 3.63) is 95.0 Å². The van der Waals surface area contributed by atoms with Gasteiger partial charge in [-0.25, -0.2) is 14.8 Å². The molecule has 0 radical (unpaired) electrons. The van der Waals surface area contributed by atoms with Gasteiger partial charge in [0, 0.05) is 11.3 Å². The minimum atomic E-state index is -0.456. The molecule has 0 bridgehead atoms. The van der Waals surface area contributed by atoms with Crippen LogP contribution in [0.25, 0.3) is 21.8 Å². The molecule has 3 heterocycles. The van der Waals surface area contributed by atoms with Gasteiger partial charge in [0.1, 0.15) is 0 Å². The number of amides is 2. The van der Waals surface area contributed by atoms with Crippen molar-refractivity contribution < 1.29 is 4.79 Å². The quantitative estimate of drug-likeness (QED) is 0.225. The molecule has 0 unspecified atom stereocenters. The summed E-state index contributed by atoms with van der Waals surface area (Å²) in [5.41, 5.74) is 4.36. The van der Waals surface area contributed by atoms with Gasteiger partial charge in [-0.3, -0.25) is 5.32 Å². The molecule has 2 amide bonds. The molecule has 3 N–H and O–H groups in total.